The first kappa shape index (κ1) is 16.3. The summed E-state index contributed by atoms with van der Waals surface area (Å²) in [6, 6.07) is 0. The minimum Gasteiger partial charge on any atom is -0.316 e. The van der Waals surface area contributed by atoms with E-state index in [2.05, 4.69) is 36.1 Å². The average Bonchev–Trinajstić information content (AvgIpc) is 2.42. The highest BCUT2D eigenvalue weighted by molar-refractivity contribution is 4.88. The molecule has 3 heteroatoms. The van der Waals surface area contributed by atoms with Crippen molar-refractivity contribution in [1.29, 1.82) is 0 Å². The molecule has 1 N–H and O–H groups in total. The fourth-order valence-corrected chi connectivity index (χ4v) is 4.31. The normalized spacial score (nSPS) is 30.0. The van der Waals surface area contributed by atoms with Gasteiger partial charge in [-0.05, 0) is 77.2 Å². The molecular formula is C17H35N3. The predicted octanol–water partition coefficient (Wildman–Crippen LogP) is 2.43. The maximum absolute atomic E-state index is 3.64. The molecule has 1 unspecified atom stereocenters. The van der Waals surface area contributed by atoms with E-state index in [4.69, 9.17) is 0 Å². The minimum absolute atomic E-state index is 0.549. The largest absolute Gasteiger partial charge is 0.316 e. The average molecular weight is 281 g/mol. The van der Waals surface area contributed by atoms with Crippen LogP contribution in [0.5, 0.6) is 0 Å². The Morgan fingerprint density at radius 2 is 2.05 bits per heavy atom. The van der Waals surface area contributed by atoms with Gasteiger partial charge in [-0.15, -0.1) is 0 Å². The second-order valence-corrected chi connectivity index (χ2v) is 7.47. The molecule has 0 aliphatic carbocycles. The molecule has 0 amide bonds. The van der Waals surface area contributed by atoms with Gasteiger partial charge in [-0.1, -0.05) is 13.3 Å². The van der Waals surface area contributed by atoms with Crippen molar-refractivity contribution in [2.24, 2.45) is 11.3 Å². The van der Waals surface area contributed by atoms with Gasteiger partial charge in [0.25, 0.3) is 0 Å². The third-order valence-electron chi connectivity index (χ3n) is 5.35. The van der Waals surface area contributed by atoms with Gasteiger partial charge in [0.2, 0.25) is 0 Å². The summed E-state index contributed by atoms with van der Waals surface area (Å²) < 4.78 is 0. The van der Waals surface area contributed by atoms with Crippen molar-refractivity contribution in [2.45, 2.75) is 45.4 Å². The zero-order valence-corrected chi connectivity index (χ0v) is 14.0. The van der Waals surface area contributed by atoms with E-state index in [0.717, 1.165) is 5.92 Å². The first-order valence-electron chi connectivity index (χ1n) is 8.71. The third-order valence-corrected chi connectivity index (χ3v) is 5.35. The standard InChI is InChI=1S/C17H35N3/c1-4-8-17(9-5-10-18-14-17)15-20(3)13-16-6-11-19(2)12-7-16/h16,18H,4-15H2,1-3H3. The van der Waals surface area contributed by atoms with Crippen LogP contribution < -0.4 is 5.32 Å². The molecule has 2 heterocycles. The molecule has 0 aromatic carbocycles. The number of nitrogens with one attached hydrogen (secondary N) is 1. The summed E-state index contributed by atoms with van der Waals surface area (Å²) >= 11 is 0. The second-order valence-electron chi connectivity index (χ2n) is 7.47. The molecule has 0 aromatic heterocycles. The summed E-state index contributed by atoms with van der Waals surface area (Å²) in [4.78, 5) is 5.11. The maximum atomic E-state index is 3.64. The van der Waals surface area contributed by atoms with Crippen LogP contribution in [0.25, 0.3) is 0 Å². The molecule has 0 radical (unpaired) electrons. The lowest BCUT2D eigenvalue weighted by Crippen LogP contribution is -2.48. The number of piperidine rings is 2. The number of hydrogen-bond donors (Lipinski definition) is 1. The van der Waals surface area contributed by atoms with Gasteiger partial charge < -0.3 is 15.1 Å². The zero-order valence-electron chi connectivity index (χ0n) is 14.0. The first-order valence-corrected chi connectivity index (χ1v) is 8.71. The molecule has 2 aliphatic heterocycles. The Balaban J connectivity index is 1.80. The van der Waals surface area contributed by atoms with Crippen LogP contribution in [0.2, 0.25) is 0 Å². The summed E-state index contributed by atoms with van der Waals surface area (Å²) in [7, 11) is 4.61. The lowest BCUT2D eigenvalue weighted by molar-refractivity contribution is 0.0991. The Morgan fingerprint density at radius 1 is 1.30 bits per heavy atom. The SMILES string of the molecule is CCCC1(CN(C)CC2CCN(C)CC2)CCCNC1. The van der Waals surface area contributed by atoms with Gasteiger partial charge in [-0.25, -0.2) is 0 Å². The third kappa shape index (κ3) is 4.71. The molecular weight excluding hydrogens is 246 g/mol. The van der Waals surface area contributed by atoms with Crippen LogP contribution in [0.4, 0.5) is 0 Å². The summed E-state index contributed by atoms with van der Waals surface area (Å²) in [5, 5.41) is 3.64. The van der Waals surface area contributed by atoms with Crippen molar-refractivity contribution in [3.05, 3.63) is 0 Å². The molecule has 0 bridgehead atoms. The molecule has 2 saturated heterocycles. The molecule has 3 nitrogen and oxygen atoms in total. The smallest absolute Gasteiger partial charge is 0.00472 e. The molecule has 0 spiro atoms. The van der Waals surface area contributed by atoms with Crippen LogP contribution in [0.3, 0.4) is 0 Å². The fraction of sp³-hybridized carbons (Fsp3) is 1.00. The summed E-state index contributed by atoms with van der Waals surface area (Å²) in [5.74, 6) is 0.923. The Labute approximate surface area is 126 Å². The van der Waals surface area contributed by atoms with Crippen LogP contribution in [-0.2, 0) is 0 Å². The summed E-state index contributed by atoms with van der Waals surface area (Å²) in [6.07, 6.45) is 8.27. The molecule has 118 valence electrons. The number of likely N-dealkylation sites (tertiary alicyclic amines) is 1. The van der Waals surface area contributed by atoms with E-state index in [1.54, 1.807) is 0 Å². The van der Waals surface area contributed by atoms with E-state index in [-0.39, 0.29) is 0 Å². The zero-order chi connectivity index (χ0) is 14.4. The van der Waals surface area contributed by atoms with Crippen LogP contribution >= 0.6 is 0 Å². The van der Waals surface area contributed by atoms with Gasteiger partial charge >= 0.3 is 0 Å². The number of hydrogen-bond acceptors (Lipinski definition) is 3. The van der Waals surface area contributed by atoms with Crippen LogP contribution in [0.15, 0.2) is 0 Å². The van der Waals surface area contributed by atoms with Crippen molar-refractivity contribution in [2.75, 3.05) is 53.4 Å². The van der Waals surface area contributed by atoms with Gasteiger partial charge in [0.1, 0.15) is 0 Å². The second kappa shape index (κ2) is 7.77. The highest BCUT2D eigenvalue weighted by Gasteiger charge is 2.32. The monoisotopic (exact) mass is 281 g/mol. The number of nitrogens with zero attached hydrogens (tertiary/aromatic N) is 2. The topological polar surface area (TPSA) is 18.5 Å². The maximum Gasteiger partial charge on any atom is 0.00472 e. The first-order chi connectivity index (χ1) is 9.63. The fourth-order valence-electron chi connectivity index (χ4n) is 4.31. The van der Waals surface area contributed by atoms with Gasteiger partial charge in [0.15, 0.2) is 0 Å². The van der Waals surface area contributed by atoms with Crippen LogP contribution in [0.1, 0.15) is 45.4 Å². The molecule has 2 rings (SSSR count). The molecule has 1 atom stereocenters. The molecule has 0 saturated carbocycles. The Morgan fingerprint density at radius 3 is 2.65 bits per heavy atom. The van der Waals surface area contributed by atoms with Gasteiger partial charge in [-0.3, -0.25) is 0 Å². The van der Waals surface area contributed by atoms with E-state index in [0.29, 0.717) is 5.41 Å². The Bertz CT molecular complexity index is 260. The van der Waals surface area contributed by atoms with Crippen molar-refractivity contribution in [1.82, 2.24) is 15.1 Å². The lowest BCUT2D eigenvalue weighted by atomic mass is 9.76. The summed E-state index contributed by atoms with van der Waals surface area (Å²) in [6.45, 7) is 9.98. The van der Waals surface area contributed by atoms with Crippen molar-refractivity contribution >= 4 is 0 Å². The Hall–Kier alpha value is -0.120. The van der Waals surface area contributed by atoms with Gasteiger partial charge in [-0.2, -0.15) is 0 Å². The van der Waals surface area contributed by atoms with E-state index >= 15 is 0 Å². The highest BCUT2D eigenvalue weighted by Crippen LogP contribution is 2.32. The minimum atomic E-state index is 0.549. The van der Waals surface area contributed by atoms with Crippen molar-refractivity contribution < 1.29 is 0 Å². The molecule has 0 aromatic rings. The summed E-state index contributed by atoms with van der Waals surface area (Å²) in [5.41, 5.74) is 0.549. The van der Waals surface area contributed by atoms with Crippen molar-refractivity contribution in [3.63, 3.8) is 0 Å². The van der Waals surface area contributed by atoms with E-state index in [1.807, 2.05) is 0 Å². The van der Waals surface area contributed by atoms with Crippen molar-refractivity contribution in [3.8, 4) is 0 Å². The van der Waals surface area contributed by atoms with Crippen LogP contribution in [-0.4, -0.2) is 63.2 Å². The quantitative estimate of drug-likeness (QED) is 0.807. The Kier molecular flexibility index (Phi) is 6.31. The number of rotatable bonds is 6. The molecule has 2 aliphatic rings. The highest BCUT2D eigenvalue weighted by atomic mass is 15.1. The molecule has 2 fully saturated rings. The van der Waals surface area contributed by atoms with Gasteiger partial charge in [0, 0.05) is 19.6 Å². The predicted molar refractivity (Wildman–Crippen MR) is 87.2 cm³/mol. The lowest BCUT2D eigenvalue weighted by Gasteiger charge is -2.42. The van der Waals surface area contributed by atoms with E-state index in [9.17, 15) is 0 Å². The van der Waals surface area contributed by atoms with Crippen LogP contribution in [0, 0.1) is 11.3 Å². The van der Waals surface area contributed by atoms with E-state index < -0.39 is 0 Å². The van der Waals surface area contributed by atoms with E-state index in [1.165, 1.54) is 77.8 Å². The molecule has 20 heavy (non-hydrogen) atoms. The van der Waals surface area contributed by atoms with Gasteiger partial charge in [0.05, 0.1) is 0 Å².